The maximum absolute atomic E-state index is 5.09. The standard InChI is InChI=1S/C28H27N3/c1-18(2)21-10-6-11-23-19(3)22-8-4-5-9-24(22)28(31-27(21)23)26-13-7-12-25(30-26)20-14-16-29-17-15-20/h4-19,28,31H,1-3H3. The van der Waals surface area contributed by atoms with E-state index in [1.165, 1.54) is 27.9 Å². The van der Waals surface area contributed by atoms with E-state index in [1.807, 2.05) is 24.5 Å². The van der Waals surface area contributed by atoms with Crippen molar-refractivity contribution in [3.63, 3.8) is 0 Å². The molecule has 2 aromatic heterocycles. The zero-order chi connectivity index (χ0) is 21.4. The first-order valence-corrected chi connectivity index (χ1v) is 11.0. The van der Waals surface area contributed by atoms with Gasteiger partial charge in [0.05, 0.1) is 17.4 Å². The van der Waals surface area contributed by atoms with Gasteiger partial charge in [-0.2, -0.15) is 0 Å². The maximum Gasteiger partial charge on any atom is 0.0943 e. The highest BCUT2D eigenvalue weighted by Gasteiger charge is 2.29. The molecule has 0 spiro atoms. The molecule has 0 saturated heterocycles. The lowest BCUT2D eigenvalue weighted by atomic mass is 9.86. The Morgan fingerprint density at radius 1 is 0.774 bits per heavy atom. The lowest BCUT2D eigenvalue weighted by Crippen LogP contribution is -2.15. The summed E-state index contributed by atoms with van der Waals surface area (Å²) in [4.78, 5) is 9.23. The van der Waals surface area contributed by atoms with Crippen LogP contribution in [0.5, 0.6) is 0 Å². The minimum atomic E-state index is -0.0124. The van der Waals surface area contributed by atoms with Gasteiger partial charge in [-0.05, 0) is 52.4 Å². The molecule has 0 saturated carbocycles. The van der Waals surface area contributed by atoms with Gasteiger partial charge in [-0.15, -0.1) is 0 Å². The molecule has 0 amide bonds. The number of benzene rings is 2. The summed E-state index contributed by atoms with van der Waals surface area (Å²) in [5.41, 5.74) is 9.68. The Hall–Kier alpha value is -3.46. The largest absolute Gasteiger partial charge is 0.372 e. The van der Waals surface area contributed by atoms with Gasteiger partial charge in [0.1, 0.15) is 0 Å². The first-order valence-electron chi connectivity index (χ1n) is 11.0. The van der Waals surface area contributed by atoms with Gasteiger partial charge >= 0.3 is 0 Å². The van der Waals surface area contributed by atoms with Crippen LogP contribution in [0.15, 0.2) is 85.2 Å². The SMILES string of the molecule is CC(C)c1cccc2c1NC(c1cccc(-c3ccncc3)n1)c1ccccc1C2C. The predicted molar refractivity (Wildman–Crippen MR) is 127 cm³/mol. The van der Waals surface area contributed by atoms with Crippen molar-refractivity contribution in [3.05, 3.63) is 113 Å². The highest BCUT2D eigenvalue weighted by atomic mass is 15.0. The topological polar surface area (TPSA) is 37.8 Å². The Kier molecular flexibility index (Phi) is 5.03. The van der Waals surface area contributed by atoms with Crippen LogP contribution in [0.4, 0.5) is 5.69 Å². The van der Waals surface area contributed by atoms with Crippen LogP contribution in [0.2, 0.25) is 0 Å². The van der Waals surface area contributed by atoms with E-state index < -0.39 is 0 Å². The summed E-state index contributed by atoms with van der Waals surface area (Å²) in [5, 5.41) is 3.92. The van der Waals surface area contributed by atoms with E-state index in [2.05, 4.69) is 91.7 Å². The second-order valence-electron chi connectivity index (χ2n) is 8.58. The molecular weight excluding hydrogens is 378 g/mol. The molecule has 2 unspecified atom stereocenters. The van der Waals surface area contributed by atoms with Gasteiger partial charge in [-0.25, -0.2) is 0 Å². The molecule has 0 bridgehead atoms. The van der Waals surface area contributed by atoms with Crippen LogP contribution in [-0.4, -0.2) is 9.97 Å². The fourth-order valence-electron chi connectivity index (χ4n) is 4.68. The third-order valence-electron chi connectivity index (χ3n) is 6.32. The van der Waals surface area contributed by atoms with E-state index in [9.17, 15) is 0 Å². The van der Waals surface area contributed by atoms with E-state index in [0.29, 0.717) is 11.8 Å². The molecule has 1 aliphatic heterocycles. The van der Waals surface area contributed by atoms with E-state index in [-0.39, 0.29) is 6.04 Å². The average molecular weight is 406 g/mol. The Bertz CT molecular complexity index is 1210. The molecule has 5 rings (SSSR count). The molecule has 154 valence electrons. The molecule has 3 heteroatoms. The highest BCUT2D eigenvalue weighted by Crippen LogP contribution is 2.44. The molecule has 3 heterocycles. The number of hydrogen-bond donors (Lipinski definition) is 1. The highest BCUT2D eigenvalue weighted by molar-refractivity contribution is 5.67. The number of fused-ring (bicyclic) bond motifs is 2. The summed E-state index contributed by atoms with van der Waals surface area (Å²) in [5.74, 6) is 0.749. The summed E-state index contributed by atoms with van der Waals surface area (Å²) >= 11 is 0. The molecule has 0 radical (unpaired) electrons. The molecule has 2 atom stereocenters. The van der Waals surface area contributed by atoms with Crippen molar-refractivity contribution in [3.8, 4) is 11.3 Å². The van der Waals surface area contributed by atoms with Crippen molar-refractivity contribution in [2.45, 2.75) is 38.6 Å². The molecule has 4 aromatic rings. The molecule has 0 fully saturated rings. The summed E-state index contributed by atoms with van der Waals surface area (Å²) < 4.78 is 0. The lowest BCUT2D eigenvalue weighted by Gasteiger charge is -2.23. The predicted octanol–water partition coefficient (Wildman–Crippen LogP) is 6.93. The first kappa shape index (κ1) is 19.5. The molecular formula is C28H27N3. The van der Waals surface area contributed by atoms with Gasteiger partial charge < -0.3 is 5.32 Å². The molecule has 1 N–H and O–H groups in total. The summed E-state index contributed by atoms with van der Waals surface area (Å²) in [6.07, 6.45) is 3.63. The van der Waals surface area contributed by atoms with Crippen molar-refractivity contribution in [1.82, 2.24) is 9.97 Å². The third kappa shape index (κ3) is 3.50. The van der Waals surface area contributed by atoms with Crippen molar-refractivity contribution in [2.75, 3.05) is 5.32 Å². The van der Waals surface area contributed by atoms with Crippen LogP contribution in [0, 0.1) is 0 Å². The lowest BCUT2D eigenvalue weighted by molar-refractivity contribution is 0.846. The Labute approximate surface area is 184 Å². The van der Waals surface area contributed by atoms with Crippen molar-refractivity contribution < 1.29 is 0 Å². The minimum absolute atomic E-state index is 0.0124. The summed E-state index contributed by atoms with van der Waals surface area (Å²) in [6, 6.07) is 25.8. The fraction of sp³-hybridized carbons (Fsp3) is 0.214. The zero-order valence-electron chi connectivity index (χ0n) is 18.2. The number of para-hydroxylation sites is 1. The summed E-state index contributed by atoms with van der Waals surface area (Å²) in [7, 11) is 0. The Balaban J connectivity index is 1.70. The molecule has 3 nitrogen and oxygen atoms in total. The molecule has 0 aliphatic carbocycles. The van der Waals surface area contributed by atoms with Crippen molar-refractivity contribution in [2.24, 2.45) is 0 Å². The quantitative estimate of drug-likeness (QED) is 0.401. The van der Waals surface area contributed by atoms with Crippen LogP contribution >= 0.6 is 0 Å². The van der Waals surface area contributed by atoms with Crippen molar-refractivity contribution in [1.29, 1.82) is 0 Å². The van der Waals surface area contributed by atoms with E-state index in [1.54, 1.807) is 0 Å². The number of anilines is 1. The van der Waals surface area contributed by atoms with E-state index in [0.717, 1.165) is 17.0 Å². The molecule has 1 aliphatic rings. The smallest absolute Gasteiger partial charge is 0.0943 e. The van der Waals surface area contributed by atoms with Gasteiger partial charge in [0, 0.05) is 29.6 Å². The number of nitrogens with one attached hydrogen (secondary N) is 1. The second-order valence-corrected chi connectivity index (χ2v) is 8.58. The van der Waals surface area contributed by atoms with Gasteiger partial charge in [-0.3, -0.25) is 9.97 Å². The van der Waals surface area contributed by atoms with Crippen LogP contribution < -0.4 is 5.32 Å². The number of hydrogen-bond acceptors (Lipinski definition) is 3. The number of nitrogens with zero attached hydrogens (tertiary/aromatic N) is 2. The van der Waals surface area contributed by atoms with Gasteiger partial charge in [0.2, 0.25) is 0 Å². The zero-order valence-corrected chi connectivity index (χ0v) is 18.2. The van der Waals surface area contributed by atoms with Crippen molar-refractivity contribution >= 4 is 5.69 Å². The summed E-state index contributed by atoms with van der Waals surface area (Å²) in [6.45, 7) is 6.83. The monoisotopic (exact) mass is 405 g/mol. The molecule has 2 aromatic carbocycles. The minimum Gasteiger partial charge on any atom is -0.372 e. The number of aromatic nitrogens is 2. The number of pyridine rings is 2. The van der Waals surface area contributed by atoms with E-state index in [4.69, 9.17) is 4.98 Å². The molecule has 31 heavy (non-hydrogen) atoms. The first-order chi connectivity index (χ1) is 15.1. The average Bonchev–Trinajstić information content (AvgIpc) is 2.94. The maximum atomic E-state index is 5.09. The van der Waals surface area contributed by atoms with Gasteiger partial charge in [0.15, 0.2) is 0 Å². The van der Waals surface area contributed by atoms with Crippen LogP contribution in [0.1, 0.15) is 66.6 Å². The fourth-order valence-corrected chi connectivity index (χ4v) is 4.68. The van der Waals surface area contributed by atoms with Gasteiger partial charge in [0.25, 0.3) is 0 Å². The Morgan fingerprint density at radius 2 is 1.48 bits per heavy atom. The Morgan fingerprint density at radius 3 is 2.26 bits per heavy atom. The number of rotatable bonds is 3. The van der Waals surface area contributed by atoms with Crippen LogP contribution in [0.25, 0.3) is 11.3 Å². The van der Waals surface area contributed by atoms with Crippen LogP contribution in [-0.2, 0) is 0 Å². The normalized spacial score (nSPS) is 17.4. The van der Waals surface area contributed by atoms with Crippen LogP contribution in [0.3, 0.4) is 0 Å². The third-order valence-corrected chi connectivity index (χ3v) is 6.32. The second kappa shape index (κ2) is 7.99. The van der Waals surface area contributed by atoms with Gasteiger partial charge in [-0.1, -0.05) is 69.3 Å². The van der Waals surface area contributed by atoms with E-state index >= 15 is 0 Å².